The van der Waals surface area contributed by atoms with E-state index < -0.39 is 12.1 Å². The molecule has 2 aliphatic heterocycles. The molecule has 0 bridgehead atoms. The largest absolute Gasteiger partial charge is 0.446 e. The summed E-state index contributed by atoms with van der Waals surface area (Å²) in [6.07, 6.45) is 2.20. The highest BCUT2D eigenvalue weighted by Gasteiger charge is 2.30. The molecule has 2 N–H and O–H groups in total. The lowest BCUT2D eigenvalue weighted by Gasteiger charge is -2.32. The molecule has 0 unspecified atom stereocenters. The zero-order valence-corrected chi connectivity index (χ0v) is 19.3. The van der Waals surface area contributed by atoms with E-state index in [2.05, 4.69) is 47.0 Å². The number of benzene rings is 3. The number of hydrogen-bond acceptors (Lipinski definition) is 4. The van der Waals surface area contributed by atoms with Gasteiger partial charge in [-0.15, -0.1) is 0 Å². The van der Waals surface area contributed by atoms with Crippen molar-refractivity contribution in [1.29, 1.82) is 0 Å². The van der Waals surface area contributed by atoms with Gasteiger partial charge in [0.2, 0.25) is 5.91 Å². The average Bonchev–Trinajstić information content (AvgIpc) is 2.88. The predicted octanol–water partition coefficient (Wildman–Crippen LogP) is 3.81. The number of alkyl carbamates (subject to hydrolysis) is 1. The van der Waals surface area contributed by atoms with E-state index in [0.717, 1.165) is 48.7 Å². The van der Waals surface area contributed by atoms with Crippen molar-refractivity contribution in [3.05, 3.63) is 83.4 Å². The number of nitrogens with one attached hydrogen (secondary N) is 2. The fraction of sp³-hybridized carbons (Fsp3) is 0.357. The Labute approximate surface area is 200 Å². The van der Waals surface area contributed by atoms with Crippen LogP contribution < -0.4 is 10.6 Å². The number of amides is 2. The van der Waals surface area contributed by atoms with Gasteiger partial charge in [0.1, 0.15) is 12.1 Å². The fourth-order valence-electron chi connectivity index (χ4n) is 4.95. The summed E-state index contributed by atoms with van der Waals surface area (Å²) in [5.74, 6) is -0.0649. The van der Waals surface area contributed by atoms with Gasteiger partial charge in [0.15, 0.2) is 0 Å². The molecule has 1 atom stereocenters. The number of carbonyl (C=O) groups excluding carboxylic acids is 2. The van der Waals surface area contributed by atoms with Gasteiger partial charge >= 0.3 is 6.09 Å². The third-order valence-corrected chi connectivity index (χ3v) is 6.85. The molecule has 0 aromatic heterocycles. The summed E-state index contributed by atoms with van der Waals surface area (Å²) in [5, 5.41) is 8.46. The zero-order valence-electron chi connectivity index (χ0n) is 19.3. The van der Waals surface area contributed by atoms with E-state index in [0.29, 0.717) is 19.5 Å². The molecule has 5 rings (SSSR count). The average molecular weight is 458 g/mol. The highest BCUT2D eigenvalue weighted by atomic mass is 16.6. The molecule has 1 fully saturated rings. The molecule has 3 aromatic carbocycles. The molecule has 2 amide bonds. The Morgan fingerprint density at radius 2 is 1.71 bits per heavy atom. The molecule has 2 aliphatic rings. The molecule has 6 heteroatoms. The maximum absolute atomic E-state index is 13.6. The molecule has 0 spiro atoms. The number of piperidine rings is 1. The highest BCUT2D eigenvalue weighted by Crippen LogP contribution is 2.21. The minimum atomic E-state index is -0.680. The number of rotatable bonds is 5. The number of hydrogen-bond donors (Lipinski definition) is 2. The fourth-order valence-corrected chi connectivity index (χ4v) is 4.95. The van der Waals surface area contributed by atoms with Crippen molar-refractivity contribution in [2.75, 3.05) is 19.6 Å². The molecule has 0 saturated carbocycles. The van der Waals surface area contributed by atoms with Crippen LogP contribution in [0.2, 0.25) is 0 Å². The van der Waals surface area contributed by atoms with Crippen LogP contribution in [-0.4, -0.2) is 48.7 Å². The Kier molecular flexibility index (Phi) is 6.77. The van der Waals surface area contributed by atoms with Crippen molar-refractivity contribution < 1.29 is 14.3 Å². The normalized spacial score (nSPS) is 17.1. The molecule has 2 heterocycles. The second-order valence-electron chi connectivity index (χ2n) is 9.22. The second kappa shape index (κ2) is 10.3. The summed E-state index contributed by atoms with van der Waals surface area (Å²) in [7, 11) is 0. The quantitative estimate of drug-likeness (QED) is 0.611. The molecular formula is C28H31N3O3. The van der Waals surface area contributed by atoms with Gasteiger partial charge in [0, 0.05) is 19.5 Å². The van der Waals surface area contributed by atoms with Gasteiger partial charge in [-0.1, -0.05) is 66.7 Å². The Balaban J connectivity index is 1.34. The smallest absolute Gasteiger partial charge is 0.408 e. The minimum absolute atomic E-state index is 0.0649. The van der Waals surface area contributed by atoms with Crippen LogP contribution in [0.15, 0.2) is 66.7 Å². The first-order valence-corrected chi connectivity index (χ1v) is 12.2. The Morgan fingerprint density at radius 3 is 2.53 bits per heavy atom. The Hall–Kier alpha value is -3.38. The van der Waals surface area contributed by atoms with E-state index in [1.807, 2.05) is 35.2 Å². The van der Waals surface area contributed by atoms with Gasteiger partial charge in [-0.25, -0.2) is 4.79 Å². The molecule has 0 radical (unpaired) electrons. The highest BCUT2D eigenvalue weighted by molar-refractivity contribution is 5.87. The molecule has 3 aromatic rings. The minimum Gasteiger partial charge on any atom is -0.446 e. The van der Waals surface area contributed by atoms with Gasteiger partial charge in [-0.05, 0) is 59.8 Å². The van der Waals surface area contributed by atoms with E-state index in [1.54, 1.807) is 0 Å². The first kappa shape index (κ1) is 22.4. The zero-order chi connectivity index (χ0) is 23.3. The molecule has 0 aliphatic carbocycles. The van der Waals surface area contributed by atoms with Gasteiger partial charge in [0.05, 0.1) is 0 Å². The lowest BCUT2D eigenvalue weighted by Crippen LogP contribution is -2.51. The maximum Gasteiger partial charge on any atom is 0.408 e. The van der Waals surface area contributed by atoms with Crippen molar-refractivity contribution >= 4 is 22.8 Å². The van der Waals surface area contributed by atoms with Gasteiger partial charge in [-0.3, -0.25) is 4.79 Å². The monoisotopic (exact) mass is 457 g/mol. The lowest BCUT2D eigenvalue weighted by atomic mass is 9.97. The summed E-state index contributed by atoms with van der Waals surface area (Å²) in [5.41, 5.74) is 3.47. The summed E-state index contributed by atoms with van der Waals surface area (Å²) in [6, 6.07) is 21.9. The third-order valence-electron chi connectivity index (χ3n) is 6.85. The van der Waals surface area contributed by atoms with Crippen LogP contribution >= 0.6 is 0 Å². The van der Waals surface area contributed by atoms with Gasteiger partial charge in [-0.2, -0.15) is 0 Å². The van der Waals surface area contributed by atoms with Crippen molar-refractivity contribution in [3.63, 3.8) is 0 Å². The molecule has 1 saturated heterocycles. The van der Waals surface area contributed by atoms with Crippen molar-refractivity contribution in [3.8, 4) is 0 Å². The van der Waals surface area contributed by atoms with Gasteiger partial charge in [0.25, 0.3) is 0 Å². The number of carbonyl (C=O) groups is 2. The van der Waals surface area contributed by atoms with Crippen molar-refractivity contribution in [2.45, 2.75) is 44.4 Å². The first-order valence-electron chi connectivity index (χ1n) is 12.2. The number of nitrogens with zero attached hydrogens (tertiary/aromatic N) is 1. The molecule has 176 valence electrons. The lowest BCUT2D eigenvalue weighted by molar-refractivity contribution is -0.134. The Bertz CT molecular complexity index is 1170. The first-order chi connectivity index (χ1) is 16.7. The van der Waals surface area contributed by atoms with Crippen molar-refractivity contribution in [2.24, 2.45) is 0 Å². The predicted molar refractivity (Wildman–Crippen MR) is 133 cm³/mol. The second-order valence-corrected chi connectivity index (χ2v) is 9.22. The van der Waals surface area contributed by atoms with E-state index >= 15 is 0 Å². The Morgan fingerprint density at radius 1 is 0.971 bits per heavy atom. The SMILES string of the molecule is O=C(N[C@H](Cc1ccc2ccccc2c1)C(=O)N1CCc2ccccc2C1)OC1CCNCC1. The summed E-state index contributed by atoms with van der Waals surface area (Å²) >= 11 is 0. The van der Waals surface area contributed by atoms with E-state index in [4.69, 9.17) is 4.74 Å². The van der Waals surface area contributed by atoms with Crippen LogP contribution in [0.5, 0.6) is 0 Å². The topological polar surface area (TPSA) is 70.7 Å². The van der Waals surface area contributed by atoms with Crippen LogP contribution in [0.1, 0.15) is 29.5 Å². The van der Waals surface area contributed by atoms with Crippen LogP contribution in [-0.2, 0) is 28.9 Å². The summed E-state index contributed by atoms with van der Waals surface area (Å²) < 4.78 is 5.66. The van der Waals surface area contributed by atoms with E-state index in [-0.39, 0.29) is 12.0 Å². The maximum atomic E-state index is 13.6. The van der Waals surface area contributed by atoms with E-state index in [1.165, 1.54) is 11.1 Å². The van der Waals surface area contributed by atoms with E-state index in [9.17, 15) is 9.59 Å². The number of fused-ring (bicyclic) bond motifs is 2. The third kappa shape index (κ3) is 5.23. The molecule has 34 heavy (non-hydrogen) atoms. The standard InChI is InChI=1S/C28H31N3O3/c32-27(31-16-13-22-6-2-4-8-24(22)19-31)26(30-28(33)34-25-11-14-29-15-12-25)18-20-9-10-21-5-1-3-7-23(21)17-20/h1-10,17,25-26,29H,11-16,18-19H2,(H,30,33)/t26-/m1/s1. The number of ether oxygens (including phenoxy) is 1. The van der Waals surface area contributed by atoms with Gasteiger partial charge < -0.3 is 20.3 Å². The van der Waals surface area contributed by atoms with Crippen LogP contribution in [0.25, 0.3) is 10.8 Å². The summed E-state index contributed by atoms with van der Waals surface area (Å²) in [4.78, 5) is 28.3. The molecular weight excluding hydrogens is 426 g/mol. The van der Waals surface area contributed by atoms with Crippen LogP contribution in [0.3, 0.4) is 0 Å². The van der Waals surface area contributed by atoms with Crippen molar-refractivity contribution in [1.82, 2.24) is 15.5 Å². The van der Waals surface area contributed by atoms with Crippen LogP contribution in [0.4, 0.5) is 4.79 Å². The summed E-state index contributed by atoms with van der Waals surface area (Å²) in [6.45, 7) is 2.89. The van der Waals surface area contributed by atoms with Crippen LogP contribution in [0, 0.1) is 0 Å². The molecule has 6 nitrogen and oxygen atoms in total.